The molecule has 4 N–H and O–H groups in total. The number of carboxylic acids is 2. The molecule has 7 aromatic carbocycles. The van der Waals surface area contributed by atoms with E-state index in [4.69, 9.17) is 0 Å². The van der Waals surface area contributed by atoms with Gasteiger partial charge in [0.25, 0.3) is 11.8 Å². The molecule has 0 aliphatic rings. The van der Waals surface area contributed by atoms with Crippen molar-refractivity contribution in [2.75, 3.05) is 10.6 Å². The van der Waals surface area contributed by atoms with E-state index in [-0.39, 0.29) is 52.0 Å². The summed E-state index contributed by atoms with van der Waals surface area (Å²) in [4.78, 5) is 54.6. The second-order valence-corrected chi connectivity index (χ2v) is 15.9. The van der Waals surface area contributed by atoms with Gasteiger partial charge in [0.15, 0.2) is 0 Å². The fraction of sp³-hybridized carbons (Fsp3) is 0.250. The molecule has 0 atom stereocenters. The van der Waals surface area contributed by atoms with Crippen LogP contribution in [0.1, 0.15) is 143 Å². The summed E-state index contributed by atoms with van der Waals surface area (Å²) in [7, 11) is 0. The van der Waals surface area contributed by atoms with Gasteiger partial charge >= 0.3 is 11.9 Å². The third-order valence-corrected chi connectivity index (χ3v) is 11.1. The number of para-hydroxylation sites is 2. The maximum atomic E-state index is 14.8. The second-order valence-electron chi connectivity index (χ2n) is 15.9. The maximum absolute atomic E-state index is 14.8. The Balaban J connectivity index is 1.56. The summed E-state index contributed by atoms with van der Waals surface area (Å²) in [5, 5.41) is 31.2. The molecule has 0 heterocycles. The predicted octanol–water partition coefficient (Wildman–Crippen LogP) is 12.1. The van der Waals surface area contributed by atoms with E-state index in [9.17, 15) is 29.4 Å². The Morgan fingerprint density at radius 1 is 0.393 bits per heavy atom. The number of fused-ring (bicyclic) bond motifs is 2. The van der Waals surface area contributed by atoms with Gasteiger partial charge in [-0.05, 0) is 103 Å². The number of amides is 2. The maximum Gasteiger partial charge on any atom is 0.336 e. The second kappa shape index (κ2) is 14.4. The average molecular weight is 747 g/mol. The van der Waals surface area contributed by atoms with Gasteiger partial charge in [-0.1, -0.05) is 116 Å². The van der Waals surface area contributed by atoms with Crippen molar-refractivity contribution >= 4 is 78.2 Å². The summed E-state index contributed by atoms with van der Waals surface area (Å²) < 4.78 is 0. The normalized spacial score (nSPS) is 11.9. The molecule has 0 radical (unpaired) electrons. The van der Waals surface area contributed by atoms with Crippen molar-refractivity contribution in [1.29, 1.82) is 0 Å². The molecule has 0 fully saturated rings. The van der Waals surface area contributed by atoms with Crippen LogP contribution in [0, 0.1) is 0 Å². The van der Waals surface area contributed by atoms with Crippen molar-refractivity contribution in [3.05, 3.63) is 129 Å². The summed E-state index contributed by atoms with van der Waals surface area (Å²) in [6.07, 6.45) is 0. The molecular weight excluding hydrogens is 701 g/mol. The van der Waals surface area contributed by atoms with Crippen LogP contribution in [0.4, 0.5) is 11.4 Å². The molecule has 0 aliphatic carbocycles. The van der Waals surface area contributed by atoms with E-state index in [2.05, 4.69) is 66.0 Å². The lowest BCUT2D eigenvalue weighted by molar-refractivity contribution is 0.0695. The van der Waals surface area contributed by atoms with Gasteiger partial charge in [-0.2, -0.15) is 0 Å². The van der Waals surface area contributed by atoms with Gasteiger partial charge in [0, 0.05) is 33.3 Å². The van der Waals surface area contributed by atoms with Crippen LogP contribution in [0.3, 0.4) is 0 Å². The third kappa shape index (κ3) is 6.19. The zero-order valence-electron chi connectivity index (χ0n) is 32.9. The topological polar surface area (TPSA) is 133 Å². The monoisotopic (exact) mass is 746 g/mol. The molecule has 7 rings (SSSR count). The number of benzene rings is 7. The van der Waals surface area contributed by atoms with Crippen molar-refractivity contribution in [2.45, 2.75) is 79.1 Å². The van der Waals surface area contributed by atoms with Crippen LogP contribution in [0.2, 0.25) is 0 Å². The lowest BCUT2D eigenvalue weighted by Gasteiger charge is -2.23. The van der Waals surface area contributed by atoms with Gasteiger partial charge in [0.1, 0.15) is 0 Å². The highest BCUT2D eigenvalue weighted by atomic mass is 16.4. The molecular formula is C48H46N2O6. The van der Waals surface area contributed by atoms with Crippen LogP contribution in [-0.2, 0) is 0 Å². The SMILES string of the molecule is CC(C)c1cccc(C(C)C)c1NC(=O)c1ccc2c3ccc(C(=O)O)c4c(C(=O)O)ccc(c5ccc(C(=O)Nc6c(C(C)C)cccc6C(C)C)c1c25)c43. The van der Waals surface area contributed by atoms with Gasteiger partial charge in [0.05, 0.1) is 11.1 Å². The number of nitrogens with one attached hydrogen (secondary N) is 2. The smallest absolute Gasteiger partial charge is 0.336 e. The molecule has 2 amide bonds. The minimum absolute atomic E-state index is 0.121. The van der Waals surface area contributed by atoms with Gasteiger partial charge in [-0.25, -0.2) is 9.59 Å². The van der Waals surface area contributed by atoms with Gasteiger partial charge in [-0.3, -0.25) is 9.59 Å². The number of aromatic carboxylic acids is 2. The third-order valence-electron chi connectivity index (χ3n) is 11.1. The standard InChI is InChI=1S/C48H46N2O6/c1-23(2)27-11-9-12-28(24(3)4)43(27)49-45(51)35-19-15-31-33-17-21-37(47(53)54)42-38(48(55)56)22-18-34(40(33)42)32-16-20-36(41(35)39(31)32)46(52)50-44-29(25(5)6)13-10-14-30(44)26(7)8/h9-26H,1-8H3,(H,49,51)(H,50,52)(H,53,54)(H,55,56). The molecule has 7 aromatic rings. The van der Waals surface area contributed by atoms with Crippen LogP contribution in [-0.4, -0.2) is 34.0 Å². The average Bonchev–Trinajstić information content (AvgIpc) is 3.15. The van der Waals surface area contributed by atoms with E-state index in [1.54, 1.807) is 24.3 Å². The lowest BCUT2D eigenvalue weighted by atomic mass is 9.84. The highest BCUT2D eigenvalue weighted by Crippen LogP contribution is 2.45. The number of carbonyl (C=O) groups excluding carboxylic acids is 2. The predicted molar refractivity (Wildman–Crippen MR) is 227 cm³/mol. The Hall–Kier alpha value is -6.28. The number of carbonyl (C=O) groups is 4. The summed E-state index contributed by atoms with van der Waals surface area (Å²) in [6.45, 7) is 16.7. The van der Waals surface area contributed by atoms with E-state index in [0.29, 0.717) is 48.8 Å². The first-order chi connectivity index (χ1) is 26.6. The number of rotatable bonds is 10. The molecule has 284 valence electrons. The minimum Gasteiger partial charge on any atom is -0.478 e. The first-order valence-electron chi connectivity index (χ1n) is 19.2. The highest BCUT2D eigenvalue weighted by molar-refractivity contribution is 6.39. The van der Waals surface area contributed by atoms with Crippen LogP contribution < -0.4 is 10.6 Å². The molecule has 0 saturated carbocycles. The quantitative estimate of drug-likeness (QED) is 0.0813. The van der Waals surface area contributed by atoms with Crippen molar-refractivity contribution in [3.63, 3.8) is 0 Å². The molecule has 0 unspecified atom stereocenters. The molecule has 0 saturated heterocycles. The van der Waals surface area contributed by atoms with Gasteiger partial charge < -0.3 is 20.8 Å². The molecule has 0 aliphatic heterocycles. The number of anilines is 2. The van der Waals surface area contributed by atoms with Crippen molar-refractivity contribution < 1.29 is 29.4 Å². The lowest BCUT2D eigenvalue weighted by Crippen LogP contribution is -2.19. The molecule has 0 bridgehead atoms. The van der Waals surface area contributed by atoms with E-state index in [1.165, 1.54) is 12.1 Å². The van der Waals surface area contributed by atoms with Crippen LogP contribution >= 0.6 is 0 Å². The van der Waals surface area contributed by atoms with E-state index >= 15 is 0 Å². The Morgan fingerprint density at radius 2 is 0.661 bits per heavy atom. The Kier molecular flexibility index (Phi) is 9.79. The highest BCUT2D eigenvalue weighted by Gasteiger charge is 2.28. The zero-order valence-corrected chi connectivity index (χ0v) is 32.9. The summed E-state index contributed by atoms with van der Waals surface area (Å²) in [5.41, 5.74) is 5.86. The Labute approximate surface area is 325 Å². The first-order valence-corrected chi connectivity index (χ1v) is 19.2. The molecule has 8 heteroatoms. The molecule has 56 heavy (non-hydrogen) atoms. The van der Waals surface area contributed by atoms with Gasteiger partial charge in [0.2, 0.25) is 0 Å². The summed E-state index contributed by atoms with van der Waals surface area (Å²) in [6, 6.07) is 25.4. The molecule has 0 spiro atoms. The summed E-state index contributed by atoms with van der Waals surface area (Å²) >= 11 is 0. The van der Waals surface area contributed by atoms with Crippen LogP contribution in [0.5, 0.6) is 0 Å². The fourth-order valence-corrected chi connectivity index (χ4v) is 8.38. The Bertz CT molecular complexity index is 2530. The van der Waals surface area contributed by atoms with Gasteiger partial charge in [-0.15, -0.1) is 0 Å². The number of hydrogen-bond acceptors (Lipinski definition) is 4. The number of hydrogen-bond donors (Lipinski definition) is 4. The fourth-order valence-electron chi connectivity index (χ4n) is 8.38. The molecule has 0 aromatic heterocycles. The Morgan fingerprint density at radius 3 is 0.929 bits per heavy atom. The number of carboxylic acid groups (broad SMARTS) is 2. The van der Waals surface area contributed by atoms with E-state index in [1.807, 2.05) is 48.5 Å². The van der Waals surface area contributed by atoms with Crippen molar-refractivity contribution in [1.82, 2.24) is 0 Å². The van der Waals surface area contributed by atoms with E-state index < -0.39 is 11.9 Å². The molecule has 8 nitrogen and oxygen atoms in total. The first kappa shape index (κ1) is 38.0. The van der Waals surface area contributed by atoms with Crippen LogP contribution in [0.25, 0.3) is 43.1 Å². The van der Waals surface area contributed by atoms with Crippen LogP contribution in [0.15, 0.2) is 84.9 Å². The minimum atomic E-state index is -1.24. The largest absolute Gasteiger partial charge is 0.478 e. The van der Waals surface area contributed by atoms with Crippen molar-refractivity contribution in [3.8, 4) is 0 Å². The van der Waals surface area contributed by atoms with E-state index in [0.717, 1.165) is 33.6 Å². The summed E-state index contributed by atoms with van der Waals surface area (Å²) in [5.74, 6) is -2.72. The zero-order chi connectivity index (χ0) is 40.3. The van der Waals surface area contributed by atoms with Crippen molar-refractivity contribution in [2.24, 2.45) is 0 Å².